The Hall–Kier alpha value is -2.07. The van der Waals surface area contributed by atoms with Crippen molar-refractivity contribution < 1.29 is 4.79 Å². The second-order valence-electron chi connectivity index (χ2n) is 4.46. The molecule has 2 rings (SSSR count). The number of pyridine rings is 1. The number of hydrogen-bond acceptors (Lipinski definition) is 3. The highest BCUT2D eigenvalue weighted by Gasteiger charge is 2.32. The molecule has 0 radical (unpaired) electrons. The minimum atomic E-state index is -0.0326. The molecule has 0 aromatic carbocycles. The molecule has 0 N–H and O–H groups in total. The molecule has 0 saturated carbocycles. The van der Waals surface area contributed by atoms with Crippen LogP contribution in [0.4, 0.5) is 0 Å². The molecule has 1 aliphatic heterocycles. The first kappa shape index (κ1) is 12.4. The predicted octanol–water partition coefficient (Wildman–Crippen LogP) is 2.30. The number of rotatable bonds is 4. The SMILES string of the molecule is C[C@@H](c1ccccn1)N1CC(CN=[N+]=[N-])CC1=O. The van der Waals surface area contributed by atoms with Crippen molar-refractivity contribution in [1.29, 1.82) is 0 Å². The van der Waals surface area contributed by atoms with Crippen LogP contribution in [0.25, 0.3) is 10.4 Å². The van der Waals surface area contributed by atoms with Gasteiger partial charge in [-0.05, 0) is 30.5 Å². The van der Waals surface area contributed by atoms with E-state index < -0.39 is 0 Å². The van der Waals surface area contributed by atoms with Crippen LogP contribution in [0.15, 0.2) is 29.5 Å². The number of hydrogen-bond donors (Lipinski definition) is 0. The molecule has 1 saturated heterocycles. The summed E-state index contributed by atoms with van der Waals surface area (Å²) >= 11 is 0. The molecule has 1 aromatic rings. The van der Waals surface area contributed by atoms with Gasteiger partial charge in [0.05, 0.1) is 11.7 Å². The summed E-state index contributed by atoms with van der Waals surface area (Å²) in [6.07, 6.45) is 2.18. The van der Waals surface area contributed by atoms with Gasteiger partial charge in [0.25, 0.3) is 0 Å². The molecule has 1 fully saturated rings. The third kappa shape index (κ3) is 2.60. The van der Waals surface area contributed by atoms with Gasteiger partial charge < -0.3 is 4.90 Å². The molecule has 1 aliphatic rings. The van der Waals surface area contributed by atoms with E-state index in [2.05, 4.69) is 15.0 Å². The van der Waals surface area contributed by atoms with Crippen LogP contribution in [0.1, 0.15) is 25.1 Å². The molecule has 0 spiro atoms. The van der Waals surface area contributed by atoms with E-state index in [4.69, 9.17) is 5.53 Å². The van der Waals surface area contributed by atoms with Crippen molar-refractivity contribution in [2.45, 2.75) is 19.4 Å². The maximum atomic E-state index is 11.9. The number of likely N-dealkylation sites (tertiary alicyclic amines) is 1. The molecule has 94 valence electrons. The van der Waals surface area contributed by atoms with Crippen LogP contribution in [0, 0.1) is 5.92 Å². The summed E-state index contributed by atoms with van der Waals surface area (Å²) in [7, 11) is 0. The Bertz CT molecular complexity index is 469. The number of aromatic nitrogens is 1. The van der Waals surface area contributed by atoms with Gasteiger partial charge in [0.2, 0.25) is 5.91 Å². The Kier molecular flexibility index (Phi) is 3.79. The Balaban J connectivity index is 2.05. The second-order valence-corrected chi connectivity index (χ2v) is 4.46. The van der Waals surface area contributed by atoms with E-state index in [0.717, 1.165) is 5.69 Å². The lowest BCUT2D eigenvalue weighted by atomic mass is 10.1. The van der Waals surface area contributed by atoms with Crippen LogP contribution in [0.5, 0.6) is 0 Å². The normalized spacial score (nSPS) is 20.6. The molecule has 2 atom stereocenters. The first-order valence-electron chi connectivity index (χ1n) is 5.93. The molecule has 1 unspecified atom stereocenters. The average Bonchev–Trinajstić information content (AvgIpc) is 2.78. The predicted molar refractivity (Wildman–Crippen MR) is 66.5 cm³/mol. The van der Waals surface area contributed by atoms with Crippen molar-refractivity contribution >= 4 is 5.91 Å². The van der Waals surface area contributed by atoms with E-state index in [1.165, 1.54) is 0 Å². The fourth-order valence-corrected chi connectivity index (χ4v) is 2.24. The lowest BCUT2D eigenvalue weighted by Gasteiger charge is -2.24. The van der Waals surface area contributed by atoms with E-state index in [1.54, 1.807) is 11.1 Å². The van der Waals surface area contributed by atoms with Crippen LogP contribution < -0.4 is 0 Å². The fourth-order valence-electron chi connectivity index (χ4n) is 2.24. The van der Waals surface area contributed by atoms with Crippen LogP contribution in [0.3, 0.4) is 0 Å². The molecule has 18 heavy (non-hydrogen) atoms. The third-order valence-corrected chi connectivity index (χ3v) is 3.22. The maximum Gasteiger partial charge on any atom is 0.223 e. The van der Waals surface area contributed by atoms with Crippen molar-refractivity contribution in [3.8, 4) is 0 Å². The van der Waals surface area contributed by atoms with E-state index in [0.29, 0.717) is 19.5 Å². The number of carbonyl (C=O) groups is 1. The quantitative estimate of drug-likeness (QED) is 0.463. The third-order valence-electron chi connectivity index (χ3n) is 3.22. The van der Waals surface area contributed by atoms with Crippen LogP contribution in [0.2, 0.25) is 0 Å². The minimum Gasteiger partial charge on any atom is -0.334 e. The summed E-state index contributed by atoms with van der Waals surface area (Å²) in [5, 5.41) is 3.54. The van der Waals surface area contributed by atoms with Gasteiger partial charge in [-0.15, -0.1) is 0 Å². The average molecular weight is 245 g/mol. The largest absolute Gasteiger partial charge is 0.334 e. The lowest BCUT2D eigenvalue weighted by molar-refractivity contribution is -0.129. The van der Waals surface area contributed by atoms with Gasteiger partial charge in [-0.25, -0.2) is 0 Å². The number of amides is 1. The zero-order valence-corrected chi connectivity index (χ0v) is 10.2. The van der Waals surface area contributed by atoms with Crippen molar-refractivity contribution in [1.82, 2.24) is 9.88 Å². The highest BCUT2D eigenvalue weighted by molar-refractivity contribution is 5.79. The summed E-state index contributed by atoms with van der Waals surface area (Å²) in [4.78, 5) is 20.7. The van der Waals surface area contributed by atoms with Gasteiger partial charge in [0.15, 0.2) is 0 Å². The van der Waals surface area contributed by atoms with Crippen molar-refractivity contribution in [2.75, 3.05) is 13.1 Å². The van der Waals surface area contributed by atoms with Crippen molar-refractivity contribution in [3.63, 3.8) is 0 Å². The Morgan fingerprint density at radius 1 is 1.67 bits per heavy atom. The van der Waals surface area contributed by atoms with Gasteiger partial charge >= 0.3 is 0 Å². The molecule has 1 aromatic heterocycles. The number of carbonyl (C=O) groups excluding carboxylic acids is 1. The molecular formula is C12H15N5O. The highest BCUT2D eigenvalue weighted by Crippen LogP contribution is 2.27. The van der Waals surface area contributed by atoms with Gasteiger partial charge in [-0.1, -0.05) is 11.2 Å². The van der Waals surface area contributed by atoms with Crippen LogP contribution in [-0.4, -0.2) is 28.9 Å². The summed E-state index contributed by atoms with van der Waals surface area (Å²) in [6, 6.07) is 5.65. The Morgan fingerprint density at radius 3 is 3.17 bits per heavy atom. The number of nitrogens with zero attached hydrogens (tertiary/aromatic N) is 5. The molecule has 2 heterocycles. The zero-order valence-electron chi connectivity index (χ0n) is 10.2. The summed E-state index contributed by atoms with van der Waals surface area (Å²) in [6.45, 7) is 2.99. The van der Waals surface area contributed by atoms with Gasteiger partial charge in [0, 0.05) is 30.6 Å². The van der Waals surface area contributed by atoms with E-state index >= 15 is 0 Å². The molecule has 6 heteroatoms. The lowest BCUT2D eigenvalue weighted by Crippen LogP contribution is -2.29. The van der Waals surface area contributed by atoms with Crippen molar-refractivity contribution in [2.24, 2.45) is 11.0 Å². The van der Waals surface area contributed by atoms with E-state index in [-0.39, 0.29) is 17.9 Å². The van der Waals surface area contributed by atoms with E-state index in [1.807, 2.05) is 25.1 Å². The topological polar surface area (TPSA) is 82.0 Å². The molecule has 0 aliphatic carbocycles. The molecule has 0 bridgehead atoms. The smallest absolute Gasteiger partial charge is 0.223 e. The second kappa shape index (κ2) is 5.51. The van der Waals surface area contributed by atoms with Gasteiger partial charge in [-0.2, -0.15) is 0 Å². The number of azide groups is 1. The summed E-state index contributed by atoms with van der Waals surface area (Å²) < 4.78 is 0. The van der Waals surface area contributed by atoms with Gasteiger partial charge in [-0.3, -0.25) is 9.78 Å². The maximum absolute atomic E-state index is 11.9. The van der Waals surface area contributed by atoms with Crippen LogP contribution >= 0.6 is 0 Å². The zero-order chi connectivity index (χ0) is 13.0. The summed E-state index contributed by atoms with van der Waals surface area (Å²) in [5.74, 6) is 0.228. The first-order valence-corrected chi connectivity index (χ1v) is 5.93. The minimum absolute atomic E-state index is 0.0326. The highest BCUT2D eigenvalue weighted by atomic mass is 16.2. The van der Waals surface area contributed by atoms with Crippen molar-refractivity contribution in [3.05, 3.63) is 40.5 Å². The molecular weight excluding hydrogens is 230 g/mol. The molecule has 1 amide bonds. The fraction of sp³-hybridized carbons (Fsp3) is 0.500. The Labute approximate surface area is 105 Å². The van der Waals surface area contributed by atoms with Crippen LogP contribution in [-0.2, 0) is 4.79 Å². The molecule has 6 nitrogen and oxygen atoms in total. The monoisotopic (exact) mass is 245 g/mol. The van der Waals surface area contributed by atoms with Gasteiger partial charge in [0.1, 0.15) is 0 Å². The standard InChI is InChI=1S/C12H15N5O/c1-9(11-4-2-3-5-14-11)17-8-10(6-12(17)18)7-15-16-13/h2-5,9-10H,6-8H2,1H3/t9-,10?/m0/s1. The van der Waals surface area contributed by atoms with E-state index in [9.17, 15) is 4.79 Å². The first-order chi connectivity index (χ1) is 8.72. The summed E-state index contributed by atoms with van der Waals surface area (Å²) in [5.41, 5.74) is 9.18. The Morgan fingerprint density at radius 2 is 2.50 bits per heavy atom.